The maximum absolute atomic E-state index is 12.5. The van der Waals surface area contributed by atoms with E-state index in [1.54, 1.807) is 6.08 Å². The number of rotatable bonds is 5. The van der Waals surface area contributed by atoms with Crippen LogP contribution in [0.15, 0.2) is 35.9 Å². The molecule has 1 amide bonds. The number of anilines is 1. The molecular formula is C21H22IN3O2. The van der Waals surface area contributed by atoms with E-state index in [-0.39, 0.29) is 11.7 Å². The van der Waals surface area contributed by atoms with Gasteiger partial charge in [-0.15, -0.1) is 0 Å². The Balaban J connectivity index is 1.80. The Morgan fingerprint density at radius 2 is 2.26 bits per heavy atom. The van der Waals surface area contributed by atoms with Gasteiger partial charge in [-0.1, -0.05) is 6.07 Å². The molecule has 1 aromatic heterocycles. The lowest BCUT2D eigenvalue weighted by molar-refractivity contribution is -0.112. The van der Waals surface area contributed by atoms with E-state index in [0.29, 0.717) is 5.69 Å². The van der Waals surface area contributed by atoms with Crippen LogP contribution in [-0.4, -0.2) is 23.2 Å². The number of halogens is 1. The lowest BCUT2D eigenvalue weighted by Gasteiger charge is -2.14. The first kappa shape index (κ1) is 19.6. The normalized spacial score (nSPS) is 17.0. The zero-order valence-electron chi connectivity index (χ0n) is 15.5. The molecule has 27 heavy (non-hydrogen) atoms. The maximum Gasteiger partial charge on any atom is 0.266 e. The Morgan fingerprint density at radius 1 is 1.44 bits per heavy atom. The Morgan fingerprint density at radius 3 is 2.93 bits per heavy atom. The van der Waals surface area contributed by atoms with Crippen LogP contribution in [0.2, 0.25) is 0 Å². The number of aromatic nitrogens is 1. The standard InChI is InChI=1S/C21H22IN3O2/c1-14-9-16(15(2)25(14)13-20-7-4-8-27-20)10-17(12-23)21(26)24-19-6-3-5-18(22)11-19/h3,5-6,9-11,20H,4,7-8,13H2,1-2H3,(H,24,26)/b17-10+. The molecule has 0 aliphatic carbocycles. The molecule has 1 N–H and O–H groups in total. The summed E-state index contributed by atoms with van der Waals surface area (Å²) >= 11 is 2.18. The molecule has 1 aromatic carbocycles. The molecule has 6 heteroatoms. The summed E-state index contributed by atoms with van der Waals surface area (Å²) in [6.07, 6.45) is 4.08. The second kappa shape index (κ2) is 8.72. The summed E-state index contributed by atoms with van der Waals surface area (Å²) in [6, 6.07) is 11.5. The van der Waals surface area contributed by atoms with Gasteiger partial charge in [-0.25, -0.2) is 0 Å². The summed E-state index contributed by atoms with van der Waals surface area (Å²) in [6.45, 7) is 5.69. The van der Waals surface area contributed by atoms with Gasteiger partial charge in [0.05, 0.1) is 6.10 Å². The van der Waals surface area contributed by atoms with E-state index in [0.717, 1.165) is 46.5 Å². The first-order valence-corrected chi connectivity index (χ1v) is 10.0. The van der Waals surface area contributed by atoms with Gasteiger partial charge < -0.3 is 14.6 Å². The quantitative estimate of drug-likeness (QED) is 0.395. The number of ether oxygens (including phenoxy) is 1. The fourth-order valence-electron chi connectivity index (χ4n) is 3.32. The molecule has 1 aliphatic heterocycles. The average Bonchev–Trinajstić information content (AvgIpc) is 3.23. The zero-order chi connectivity index (χ0) is 19.4. The molecule has 1 atom stereocenters. The van der Waals surface area contributed by atoms with Crippen LogP contribution in [0.3, 0.4) is 0 Å². The van der Waals surface area contributed by atoms with E-state index >= 15 is 0 Å². The number of nitrogens with one attached hydrogen (secondary N) is 1. The van der Waals surface area contributed by atoms with Crippen molar-refractivity contribution in [2.75, 3.05) is 11.9 Å². The van der Waals surface area contributed by atoms with E-state index in [4.69, 9.17) is 4.74 Å². The second-order valence-corrected chi connectivity index (χ2v) is 7.95. The minimum absolute atomic E-state index is 0.0891. The van der Waals surface area contributed by atoms with E-state index in [1.165, 1.54) is 0 Å². The van der Waals surface area contributed by atoms with Crippen molar-refractivity contribution < 1.29 is 9.53 Å². The van der Waals surface area contributed by atoms with Crippen LogP contribution in [0.1, 0.15) is 29.8 Å². The number of benzene rings is 1. The average molecular weight is 475 g/mol. The predicted molar refractivity (Wildman–Crippen MR) is 114 cm³/mol. The highest BCUT2D eigenvalue weighted by Gasteiger charge is 2.19. The molecule has 0 radical (unpaired) electrons. The van der Waals surface area contributed by atoms with Gasteiger partial charge in [0, 0.05) is 33.8 Å². The third kappa shape index (κ3) is 4.79. The van der Waals surface area contributed by atoms with Crippen molar-refractivity contribution in [2.45, 2.75) is 39.3 Å². The van der Waals surface area contributed by atoms with Gasteiger partial charge in [-0.2, -0.15) is 5.26 Å². The molecule has 3 rings (SSSR count). The summed E-state index contributed by atoms with van der Waals surface area (Å²) in [4.78, 5) is 12.5. The zero-order valence-corrected chi connectivity index (χ0v) is 17.6. The van der Waals surface area contributed by atoms with Gasteiger partial charge in [0.2, 0.25) is 0 Å². The first-order valence-electron chi connectivity index (χ1n) is 8.95. The molecule has 140 valence electrons. The molecule has 1 unspecified atom stereocenters. The van der Waals surface area contributed by atoms with Gasteiger partial charge in [0.1, 0.15) is 11.6 Å². The number of carbonyl (C=O) groups excluding carboxylic acids is 1. The minimum Gasteiger partial charge on any atom is -0.376 e. The maximum atomic E-state index is 12.5. The van der Waals surface area contributed by atoms with Crippen LogP contribution < -0.4 is 5.32 Å². The van der Waals surface area contributed by atoms with Crippen LogP contribution in [0.25, 0.3) is 6.08 Å². The predicted octanol–water partition coefficient (Wildman–Crippen LogP) is 4.43. The fourth-order valence-corrected chi connectivity index (χ4v) is 3.86. The van der Waals surface area contributed by atoms with Crippen molar-refractivity contribution in [2.24, 2.45) is 0 Å². The molecule has 0 spiro atoms. The van der Waals surface area contributed by atoms with E-state index in [9.17, 15) is 10.1 Å². The number of hydrogen-bond donors (Lipinski definition) is 1. The van der Waals surface area contributed by atoms with Crippen molar-refractivity contribution in [1.29, 1.82) is 5.26 Å². The smallest absolute Gasteiger partial charge is 0.266 e. The molecule has 2 aromatic rings. The lowest BCUT2D eigenvalue weighted by Crippen LogP contribution is -2.17. The number of amides is 1. The van der Waals surface area contributed by atoms with Crippen molar-refractivity contribution in [1.82, 2.24) is 4.57 Å². The Bertz CT molecular complexity index is 918. The third-order valence-electron chi connectivity index (χ3n) is 4.77. The SMILES string of the molecule is Cc1cc(/C=C(\C#N)C(=O)Nc2cccc(I)c2)c(C)n1CC1CCCO1. The number of nitriles is 1. The van der Waals surface area contributed by atoms with Crippen LogP contribution in [0, 0.1) is 28.7 Å². The highest BCUT2D eigenvalue weighted by Crippen LogP contribution is 2.22. The first-order chi connectivity index (χ1) is 13.0. The van der Waals surface area contributed by atoms with Crippen LogP contribution in [-0.2, 0) is 16.1 Å². The van der Waals surface area contributed by atoms with Gasteiger partial charge in [-0.3, -0.25) is 4.79 Å². The van der Waals surface area contributed by atoms with Crippen LogP contribution >= 0.6 is 22.6 Å². The molecule has 1 aliphatic rings. The topological polar surface area (TPSA) is 67.0 Å². The van der Waals surface area contributed by atoms with Crippen molar-refractivity contribution in [3.05, 3.63) is 56.4 Å². The minimum atomic E-state index is -0.400. The fraction of sp³-hybridized carbons (Fsp3) is 0.333. The summed E-state index contributed by atoms with van der Waals surface area (Å²) in [5.41, 5.74) is 3.80. The number of aryl methyl sites for hydroxylation is 1. The van der Waals surface area contributed by atoms with E-state index in [2.05, 4.69) is 32.5 Å². The molecular weight excluding hydrogens is 453 g/mol. The molecule has 0 bridgehead atoms. The van der Waals surface area contributed by atoms with Gasteiger partial charge >= 0.3 is 0 Å². The Kier molecular flexibility index (Phi) is 6.34. The molecule has 1 saturated heterocycles. The highest BCUT2D eigenvalue weighted by atomic mass is 127. The van der Waals surface area contributed by atoms with Gasteiger partial charge in [-0.05, 0) is 85.2 Å². The highest BCUT2D eigenvalue weighted by molar-refractivity contribution is 14.1. The molecule has 5 nitrogen and oxygen atoms in total. The summed E-state index contributed by atoms with van der Waals surface area (Å²) in [7, 11) is 0. The van der Waals surface area contributed by atoms with Crippen LogP contribution in [0.4, 0.5) is 5.69 Å². The Labute approximate surface area is 173 Å². The number of carbonyl (C=O) groups is 1. The Hall–Kier alpha value is -2.11. The molecule has 0 saturated carbocycles. The molecule has 2 heterocycles. The van der Waals surface area contributed by atoms with Crippen LogP contribution in [0.5, 0.6) is 0 Å². The third-order valence-corrected chi connectivity index (χ3v) is 5.44. The van der Waals surface area contributed by atoms with Gasteiger partial charge in [0.25, 0.3) is 5.91 Å². The lowest BCUT2D eigenvalue weighted by atomic mass is 10.1. The number of hydrogen-bond acceptors (Lipinski definition) is 3. The van der Waals surface area contributed by atoms with Crippen molar-refractivity contribution in [3.8, 4) is 6.07 Å². The van der Waals surface area contributed by atoms with Crippen molar-refractivity contribution in [3.63, 3.8) is 0 Å². The summed E-state index contributed by atoms with van der Waals surface area (Å²) in [5, 5.41) is 12.3. The van der Waals surface area contributed by atoms with Gasteiger partial charge in [0.15, 0.2) is 0 Å². The van der Waals surface area contributed by atoms with E-state index < -0.39 is 5.91 Å². The monoisotopic (exact) mass is 475 g/mol. The summed E-state index contributed by atoms with van der Waals surface area (Å²) < 4.78 is 8.96. The largest absolute Gasteiger partial charge is 0.376 e. The van der Waals surface area contributed by atoms with E-state index in [1.807, 2.05) is 50.2 Å². The second-order valence-electron chi connectivity index (χ2n) is 6.71. The molecule has 1 fully saturated rings. The summed E-state index contributed by atoms with van der Waals surface area (Å²) in [5.74, 6) is -0.400. The number of nitrogens with zero attached hydrogens (tertiary/aromatic N) is 2. The van der Waals surface area contributed by atoms with Crippen molar-refractivity contribution >= 4 is 40.3 Å².